The summed E-state index contributed by atoms with van der Waals surface area (Å²) in [5, 5.41) is 23.0. The first-order chi connectivity index (χ1) is 15.5. The fraction of sp³-hybridized carbons (Fsp3) is 0.500. The molecule has 0 aliphatic carbocycles. The van der Waals surface area contributed by atoms with Crippen molar-refractivity contribution >= 4 is 11.9 Å². The number of hydrogen-bond acceptors (Lipinski definition) is 6. The lowest BCUT2D eigenvalue weighted by Crippen LogP contribution is -2.44. The maximum absolute atomic E-state index is 12.2. The van der Waals surface area contributed by atoms with Crippen LogP contribution in [-0.4, -0.2) is 63.9 Å². The van der Waals surface area contributed by atoms with E-state index in [0.29, 0.717) is 19.5 Å². The highest BCUT2D eigenvalue weighted by molar-refractivity contribution is 5.76. The number of fused-ring (bicyclic) bond motifs is 1. The normalized spacial score (nSPS) is 26.5. The van der Waals surface area contributed by atoms with Gasteiger partial charge >= 0.3 is 6.03 Å². The monoisotopic (exact) mass is 443 g/mol. The highest BCUT2D eigenvalue weighted by Crippen LogP contribution is 2.35. The Bertz CT molecular complexity index is 920. The number of aliphatic hydroxyl groups is 1. The number of aliphatic hydroxyl groups excluding tert-OH is 1. The van der Waals surface area contributed by atoms with E-state index >= 15 is 0 Å². The molecular weight excluding hydrogens is 414 g/mol. The SMILES string of the molecule is Cn1cc(CNC(=O)CC2CC3OC(CNC(=O)NCc4ccccc4)C(O)C3O2)cn1. The lowest BCUT2D eigenvalue weighted by molar-refractivity contribution is -0.124. The van der Waals surface area contributed by atoms with Crippen LogP contribution in [0.5, 0.6) is 0 Å². The molecule has 5 unspecified atom stereocenters. The first kappa shape index (κ1) is 22.3. The molecule has 4 rings (SSSR count). The number of carbonyl (C=O) groups is 2. The van der Waals surface area contributed by atoms with Crippen molar-refractivity contribution in [3.8, 4) is 0 Å². The smallest absolute Gasteiger partial charge is 0.315 e. The molecule has 2 saturated heterocycles. The highest BCUT2D eigenvalue weighted by atomic mass is 16.6. The average Bonchev–Trinajstić information content (AvgIpc) is 3.46. The van der Waals surface area contributed by atoms with Crippen LogP contribution in [0.15, 0.2) is 42.7 Å². The quantitative estimate of drug-likeness (QED) is 0.462. The van der Waals surface area contributed by atoms with Crippen molar-refractivity contribution in [3.63, 3.8) is 0 Å². The molecule has 1 aromatic heterocycles. The zero-order chi connectivity index (χ0) is 22.5. The molecule has 2 aliphatic heterocycles. The minimum absolute atomic E-state index is 0.123. The van der Waals surface area contributed by atoms with Gasteiger partial charge in [0.15, 0.2) is 0 Å². The van der Waals surface area contributed by atoms with E-state index in [1.54, 1.807) is 10.9 Å². The summed E-state index contributed by atoms with van der Waals surface area (Å²) in [5.41, 5.74) is 1.92. The van der Waals surface area contributed by atoms with Gasteiger partial charge in [-0.1, -0.05) is 30.3 Å². The molecule has 3 heterocycles. The Balaban J connectivity index is 1.15. The molecule has 4 N–H and O–H groups in total. The van der Waals surface area contributed by atoms with Crippen LogP contribution in [-0.2, 0) is 34.4 Å². The maximum atomic E-state index is 12.2. The molecule has 3 amide bonds. The van der Waals surface area contributed by atoms with Gasteiger partial charge in [-0.2, -0.15) is 5.10 Å². The van der Waals surface area contributed by atoms with E-state index in [4.69, 9.17) is 9.47 Å². The van der Waals surface area contributed by atoms with E-state index in [9.17, 15) is 14.7 Å². The lowest BCUT2D eigenvalue weighted by atomic mass is 10.1. The molecule has 2 aromatic rings. The van der Waals surface area contributed by atoms with Gasteiger partial charge in [-0.15, -0.1) is 0 Å². The Morgan fingerprint density at radius 1 is 1.12 bits per heavy atom. The summed E-state index contributed by atoms with van der Waals surface area (Å²) in [4.78, 5) is 24.2. The first-order valence-electron chi connectivity index (χ1n) is 10.8. The molecule has 5 atom stereocenters. The molecule has 32 heavy (non-hydrogen) atoms. The second-order valence-electron chi connectivity index (χ2n) is 8.21. The van der Waals surface area contributed by atoms with Crippen LogP contribution in [0.25, 0.3) is 0 Å². The number of aryl methyl sites for hydroxylation is 1. The average molecular weight is 444 g/mol. The molecule has 172 valence electrons. The molecule has 10 nitrogen and oxygen atoms in total. The van der Waals surface area contributed by atoms with Crippen LogP contribution in [0.1, 0.15) is 24.0 Å². The van der Waals surface area contributed by atoms with E-state index in [0.717, 1.165) is 11.1 Å². The molecule has 2 aliphatic rings. The maximum Gasteiger partial charge on any atom is 0.315 e. The number of urea groups is 1. The fourth-order valence-electron chi connectivity index (χ4n) is 4.09. The minimum atomic E-state index is -0.863. The standard InChI is InChI=1S/C22H29N5O5/c1-27-13-15(11-26-27)10-23-19(28)8-16-7-17-21(31-16)20(29)18(32-17)12-25-22(30)24-9-14-5-3-2-4-6-14/h2-6,11,13,16-18,20-21,29H,7-10,12H2,1H3,(H,23,28)(H2,24,25,30). The zero-order valence-electron chi connectivity index (χ0n) is 17.9. The Labute approximate surface area is 186 Å². The Morgan fingerprint density at radius 2 is 1.91 bits per heavy atom. The van der Waals surface area contributed by atoms with Gasteiger partial charge in [0.2, 0.25) is 5.91 Å². The number of benzene rings is 1. The van der Waals surface area contributed by atoms with Crippen molar-refractivity contribution in [1.82, 2.24) is 25.7 Å². The van der Waals surface area contributed by atoms with Crippen molar-refractivity contribution < 1.29 is 24.2 Å². The van der Waals surface area contributed by atoms with Crippen LogP contribution in [0.4, 0.5) is 4.79 Å². The second kappa shape index (κ2) is 10.1. The Kier molecular flexibility index (Phi) is 7.03. The van der Waals surface area contributed by atoms with E-state index in [2.05, 4.69) is 21.0 Å². The van der Waals surface area contributed by atoms with Gasteiger partial charge in [0.05, 0.1) is 24.8 Å². The van der Waals surface area contributed by atoms with E-state index in [-0.39, 0.29) is 37.1 Å². The number of nitrogens with zero attached hydrogens (tertiary/aromatic N) is 2. The van der Waals surface area contributed by atoms with E-state index in [1.165, 1.54) is 0 Å². The highest BCUT2D eigenvalue weighted by Gasteiger charge is 2.50. The summed E-state index contributed by atoms with van der Waals surface area (Å²) in [6.07, 6.45) is 1.77. The van der Waals surface area contributed by atoms with Crippen molar-refractivity contribution in [1.29, 1.82) is 0 Å². The fourth-order valence-corrected chi connectivity index (χ4v) is 4.09. The molecular formula is C22H29N5O5. The lowest BCUT2D eigenvalue weighted by Gasteiger charge is -2.20. The van der Waals surface area contributed by atoms with Gasteiger partial charge < -0.3 is 30.5 Å². The van der Waals surface area contributed by atoms with Crippen LogP contribution >= 0.6 is 0 Å². The molecule has 10 heteroatoms. The minimum Gasteiger partial charge on any atom is -0.388 e. The summed E-state index contributed by atoms with van der Waals surface area (Å²) in [7, 11) is 1.82. The summed E-state index contributed by atoms with van der Waals surface area (Å²) in [6, 6.07) is 9.27. The Hall–Kier alpha value is -2.95. The zero-order valence-corrected chi connectivity index (χ0v) is 17.9. The van der Waals surface area contributed by atoms with Gasteiger partial charge in [0.1, 0.15) is 18.3 Å². The number of carbonyl (C=O) groups excluding carboxylic acids is 2. The van der Waals surface area contributed by atoms with Gasteiger partial charge in [-0.25, -0.2) is 4.79 Å². The molecule has 0 radical (unpaired) electrons. The molecule has 2 fully saturated rings. The number of amides is 3. The van der Waals surface area contributed by atoms with Crippen LogP contribution in [0, 0.1) is 0 Å². The summed E-state index contributed by atoms with van der Waals surface area (Å²) >= 11 is 0. The topological polar surface area (TPSA) is 127 Å². The van der Waals surface area contributed by atoms with Crippen LogP contribution in [0.2, 0.25) is 0 Å². The van der Waals surface area contributed by atoms with Gasteiger partial charge in [-0.3, -0.25) is 9.48 Å². The third-order valence-corrected chi connectivity index (χ3v) is 5.70. The van der Waals surface area contributed by atoms with E-state index in [1.807, 2.05) is 43.6 Å². The third kappa shape index (κ3) is 5.64. The predicted octanol–water partition coefficient (Wildman–Crippen LogP) is 0.212. The van der Waals surface area contributed by atoms with Gasteiger partial charge in [0.25, 0.3) is 0 Å². The van der Waals surface area contributed by atoms with Crippen LogP contribution < -0.4 is 16.0 Å². The Morgan fingerprint density at radius 3 is 2.62 bits per heavy atom. The summed E-state index contributed by atoms with van der Waals surface area (Å²) in [6.45, 7) is 1.000. The number of hydrogen-bond donors (Lipinski definition) is 4. The molecule has 0 spiro atoms. The number of aromatic nitrogens is 2. The van der Waals surface area contributed by atoms with Crippen molar-refractivity contribution in [2.24, 2.45) is 7.05 Å². The third-order valence-electron chi connectivity index (χ3n) is 5.70. The van der Waals surface area contributed by atoms with Crippen molar-refractivity contribution in [3.05, 3.63) is 53.9 Å². The number of ether oxygens (including phenoxy) is 2. The first-order valence-corrected chi connectivity index (χ1v) is 10.8. The second-order valence-corrected chi connectivity index (χ2v) is 8.21. The number of nitrogens with one attached hydrogen (secondary N) is 3. The van der Waals surface area contributed by atoms with Crippen molar-refractivity contribution in [2.75, 3.05) is 6.54 Å². The molecule has 0 saturated carbocycles. The van der Waals surface area contributed by atoms with Crippen LogP contribution in [0.3, 0.4) is 0 Å². The summed E-state index contributed by atoms with van der Waals surface area (Å²) < 4.78 is 13.5. The number of rotatable bonds is 8. The molecule has 1 aromatic carbocycles. The van der Waals surface area contributed by atoms with Crippen molar-refractivity contribution in [2.45, 2.75) is 56.5 Å². The molecule has 0 bridgehead atoms. The van der Waals surface area contributed by atoms with E-state index < -0.39 is 18.3 Å². The van der Waals surface area contributed by atoms with Gasteiger partial charge in [0, 0.05) is 44.9 Å². The predicted molar refractivity (Wildman–Crippen MR) is 114 cm³/mol. The largest absolute Gasteiger partial charge is 0.388 e. The van der Waals surface area contributed by atoms with Gasteiger partial charge in [-0.05, 0) is 5.56 Å². The summed E-state index contributed by atoms with van der Waals surface area (Å²) in [5.74, 6) is -0.123.